The first kappa shape index (κ1) is 15.2. The molecule has 1 heterocycles. The molecule has 0 aliphatic carbocycles. The Morgan fingerprint density at radius 2 is 2.14 bits per heavy atom. The molecule has 0 spiro atoms. The van der Waals surface area contributed by atoms with Gasteiger partial charge in [0, 0.05) is 24.5 Å². The highest BCUT2D eigenvalue weighted by atomic mass is 79.9. The zero-order valence-corrected chi connectivity index (χ0v) is 12.8. The number of amides is 3. The van der Waals surface area contributed by atoms with Crippen molar-refractivity contribution in [2.24, 2.45) is 0 Å². The van der Waals surface area contributed by atoms with E-state index in [0.717, 1.165) is 4.47 Å². The number of rotatable bonds is 3. The summed E-state index contributed by atoms with van der Waals surface area (Å²) in [5.74, 6) is -0.462. The van der Waals surface area contributed by atoms with E-state index in [4.69, 9.17) is 0 Å². The minimum absolute atomic E-state index is 0.00845. The van der Waals surface area contributed by atoms with Gasteiger partial charge in [-0.3, -0.25) is 19.5 Å². The summed E-state index contributed by atoms with van der Waals surface area (Å²) in [6, 6.07) is 4.65. The number of aromatic nitrogens is 2. The van der Waals surface area contributed by atoms with Gasteiger partial charge in [-0.05, 0) is 18.2 Å². The third kappa shape index (κ3) is 3.66. The number of halogens is 1. The van der Waals surface area contributed by atoms with Crippen molar-refractivity contribution in [1.82, 2.24) is 20.2 Å². The zero-order chi connectivity index (χ0) is 15.4. The number of nitrogens with one attached hydrogen (secondary N) is 2. The third-order valence-corrected chi connectivity index (χ3v) is 3.34. The summed E-state index contributed by atoms with van der Waals surface area (Å²) in [4.78, 5) is 38.9. The number of nitrogens with zero attached hydrogens (tertiary/aromatic N) is 2. The van der Waals surface area contributed by atoms with Gasteiger partial charge in [0.15, 0.2) is 0 Å². The van der Waals surface area contributed by atoms with E-state index in [0.29, 0.717) is 10.9 Å². The molecule has 0 unspecified atom stereocenters. The van der Waals surface area contributed by atoms with Crippen LogP contribution in [0.1, 0.15) is 6.42 Å². The van der Waals surface area contributed by atoms with Gasteiger partial charge >= 0.3 is 6.03 Å². The van der Waals surface area contributed by atoms with Crippen LogP contribution in [-0.4, -0.2) is 28.5 Å². The Morgan fingerprint density at radius 3 is 2.86 bits per heavy atom. The van der Waals surface area contributed by atoms with Gasteiger partial charge in [0.05, 0.1) is 17.2 Å². The number of urea groups is 1. The molecule has 1 aromatic carbocycles. The topological polar surface area (TPSA) is 93.1 Å². The lowest BCUT2D eigenvalue weighted by atomic mass is 10.2. The normalized spacial score (nSPS) is 10.4. The van der Waals surface area contributed by atoms with Crippen LogP contribution >= 0.6 is 15.9 Å². The first-order chi connectivity index (χ1) is 10.0. The summed E-state index contributed by atoms with van der Waals surface area (Å²) < 4.78 is 2.13. The average Bonchev–Trinajstić information content (AvgIpc) is 2.47. The number of carbonyl (C=O) groups excluding carboxylic acids is 2. The lowest BCUT2D eigenvalue weighted by Gasteiger charge is -2.07. The minimum atomic E-state index is -0.576. The molecule has 0 atom stereocenters. The van der Waals surface area contributed by atoms with Crippen molar-refractivity contribution < 1.29 is 9.59 Å². The molecule has 21 heavy (non-hydrogen) atoms. The number of hydrogen-bond donors (Lipinski definition) is 2. The Bertz CT molecular complexity index is 757. The van der Waals surface area contributed by atoms with E-state index in [9.17, 15) is 14.4 Å². The Kier molecular flexibility index (Phi) is 4.69. The fraction of sp³-hybridized carbons (Fsp3) is 0.231. The Morgan fingerprint density at radius 1 is 1.38 bits per heavy atom. The lowest BCUT2D eigenvalue weighted by Crippen LogP contribution is -2.38. The van der Waals surface area contributed by atoms with Crippen molar-refractivity contribution in [1.29, 1.82) is 0 Å². The predicted octanol–water partition coefficient (Wildman–Crippen LogP) is 1.00. The molecule has 0 bridgehead atoms. The summed E-state index contributed by atoms with van der Waals surface area (Å²) in [5.41, 5.74) is 0.364. The van der Waals surface area contributed by atoms with Crippen molar-refractivity contribution in [2.75, 3.05) is 7.05 Å². The first-order valence-electron chi connectivity index (χ1n) is 6.17. The number of aryl methyl sites for hydroxylation is 1. The second-order valence-corrected chi connectivity index (χ2v) is 5.20. The molecule has 2 rings (SSSR count). The van der Waals surface area contributed by atoms with Crippen molar-refractivity contribution in [3.8, 4) is 0 Å². The average molecular weight is 353 g/mol. The number of fused-ring (bicyclic) bond motifs is 1. The summed E-state index contributed by atoms with van der Waals surface area (Å²) in [5, 5.41) is 4.88. The number of hydrogen-bond acceptors (Lipinski definition) is 4. The highest BCUT2D eigenvalue weighted by molar-refractivity contribution is 9.10. The van der Waals surface area contributed by atoms with E-state index in [1.165, 1.54) is 17.9 Å². The van der Waals surface area contributed by atoms with Gasteiger partial charge < -0.3 is 5.32 Å². The van der Waals surface area contributed by atoms with Gasteiger partial charge in [-0.2, -0.15) is 0 Å². The largest absolute Gasteiger partial charge is 0.341 e. The number of carbonyl (C=O) groups is 2. The summed E-state index contributed by atoms with van der Waals surface area (Å²) in [6.45, 7) is 0.150. The molecule has 0 radical (unpaired) electrons. The third-order valence-electron chi connectivity index (χ3n) is 2.85. The van der Waals surface area contributed by atoms with E-state index >= 15 is 0 Å². The second-order valence-electron chi connectivity index (χ2n) is 4.28. The molecule has 0 aliphatic rings. The maximum Gasteiger partial charge on any atom is 0.321 e. The maximum atomic E-state index is 12.3. The first-order valence-corrected chi connectivity index (χ1v) is 6.97. The van der Waals surface area contributed by atoms with Crippen LogP contribution in [0.2, 0.25) is 0 Å². The molecule has 0 saturated carbocycles. The van der Waals surface area contributed by atoms with Gasteiger partial charge in [0.2, 0.25) is 5.91 Å². The highest BCUT2D eigenvalue weighted by Crippen LogP contribution is 2.14. The van der Waals surface area contributed by atoms with E-state index in [2.05, 4.69) is 31.5 Å². The van der Waals surface area contributed by atoms with Crippen LogP contribution in [0.4, 0.5) is 4.79 Å². The fourth-order valence-corrected chi connectivity index (χ4v) is 2.13. The molecule has 8 heteroatoms. The van der Waals surface area contributed by atoms with Crippen molar-refractivity contribution in [2.45, 2.75) is 13.0 Å². The summed E-state index contributed by atoms with van der Waals surface area (Å²) in [7, 11) is 1.41. The standard InChI is InChI=1S/C13H13BrN4O3/c1-15-13(21)17-11(19)4-5-18-7-16-10-3-2-8(14)6-9(10)12(18)20/h2-3,6-7H,4-5H2,1H3,(H2,15,17,19,21). The zero-order valence-electron chi connectivity index (χ0n) is 11.2. The van der Waals surface area contributed by atoms with E-state index in [1.807, 2.05) is 0 Å². The van der Waals surface area contributed by atoms with Crippen LogP contribution < -0.4 is 16.2 Å². The van der Waals surface area contributed by atoms with Crippen molar-refractivity contribution in [3.63, 3.8) is 0 Å². The molecule has 2 aromatic rings. The van der Waals surface area contributed by atoms with Crippen molar-refractivity contribution in [3.05, 3.63) is 39.4 Å². The van der Waals surface area contributed by atoms with Crippen LogP contribution in [0, 0.1) is 0 Å². The Hall–Kier alpha value is -2.22. The van der Waals surface area contributed by atoms with E-state index in [-0.39, 0.29) is 18.5 Å². The molecule has 7 nitrogen and oxygen atoms in total. The summed E-state index contributed by atoms with van der Waals surface area (Å²) >= 11 is 3.30. The molecule has 0 saturated heterocycles. The molecule has 0 aliphatic heterocycles. The molecule has 0 fully saturated rings. The maximum absolute atomic E-state index is 12.3. The molecule has 3 amide bonds. The second kappa shape index (κ2) is 6.49. The predicted molar refractivity (Wildman–Crippen MR) is 80.9 cm³/mol. The number of benzene rings is 1. The van der Waals surface area contributed by atoms with Crippen LogP contribution in [0.25, 0.3) is 10.9 Å². The van der Waals surface area contributed by atoms with E-state index in [1.54, 1.807) is 18.2 Å². The molecular formula is C13H13BrN4O3. The van der Waals surface area contributed by atoms with Crippen LogP contribution in [0.5, 0.6) is 0 Å². The van der Waals surface area contributed by atoms with Crippen LogP contribution in [-0.2, 0) is 11.3 Å². The monoisotopic (exact) mass is 352 g/mol. The Labute approximate surface area is 128 Å². The van der Waals surface area contributed by atoms with E-state index < -0.39 is 11.9 Å². The smallest absolute Gasteiger partial charge is 0.321 e. The van der Waals surface area contributed by atoms with Gasteiger partial charge in [-0.1, -0.05) is 15.9 Å². The van der Waals surface area contributed by atoms with Gasteiger partial charge in [0.25, 0.3) is 5.56 Å². The molecule has 2 N–H and O–H groups in total. The molecule has 110 valence electrons. The van der Waals surface area contributed by atoms with Crippen LogP contribution in [0.15, 0.2) is 33.8 Å². The molecular weight excluding hydrogens is 340 g/mol. The lowest BCUT2D eigenvalue weighted by molar-refractivity contribution is -0.120. The quantitative estimate of drug-likeness (QED) is 0.861. The fourth-order valence-electron chi connectivity index (χ4n) is 1.76. The Balaban J connectivity index is 2.16. The minimum Gasteiger partial charge on any atom is -0.341 e. The highest BCUT2D eigenvalue weighted by Gasteiger charge is 2.08. The number of imide groups is 1. The summed E-state index contributed by atoms with van der Waals surface area (Å²) in [6.07, 6.45) is 1.40. The van der Waals surface area contributed by atoms with Crippen molar-refractivity contribution >= 4 is 38.8 Å². The SMILES string of the molecule is CNC(=O)NC(=O)CCn1cnc2ccc(Br)cc2c1=O. The molecule has 1 aromatic heterocycles. The van der Waals surface area contributed by atoms with Gasteiger partial charge in [-0.15, -0.1) is 0 Å². The van der Waals surface area contributed by atoms with Crippen LogP contribution in [0.3, 0.4) is 0 Å². The van der Waals surface area contributed by atoms with Gasteiger partial charge in [0.1, 0.15) is 0 Å². The van der Waals surface area contributed by atoms with Gasteiger partial charge in [-0.25, -0.2) is 9.78 Å².